The van der Waals surface area contributed by atoms with Gasteiger partial charge >= 0.3 is 0 Å². The van der Waals surface area contributed by atoms with Crippen LogP contribution in [-0.2, 0) is 0 Å². The molecule has 4 heteroatoms. The van der Waals surface area contributed by atoms with E-state index in [4.69, 9.17) is 16.3 Å². The minimum absolute atomic E-state index is 0.204. The van der Waals surface area contributed by atoms with E-state index < -0.39 is 0 Å². The molecule has 2 aromatic rings. The molecule has 0 radical (unpaired) electrons. The Kier molecular flexibility index (Phi) is 3.63. The molecule has 0 bridgehead atoms. The van der Waals surface area contributed by atoms with Crippen LogP contribution in [0, 0.1) is 5.82 Å². The molecular weight excluding hydrogens is 255 g/mol. The van der Waals surface area contributed by atoms with Gasteiger partial charge in [0.15, 0.2) is 5.78 Å². The van der Waals surface area contributed by atoms with Crippen molar-refractivity contribution < 1.29 is 13.9 Å². The molecule has 0 saturated carbocycles. The molecule has 0 heterocycles. The average Bonchev–Trinajstić information content (AvgIpc) is 2.39. The summed E-state index contributed by atoms with van der Waals surface area (Å²) in [6.45, 7) is 0. The zero-order chi connectivity index (χ0) is 13.1. The number of ketones is 1. The van der Waals surface area contributed by atoms with E-state index in [0.29, 0.717) is 21.9 Å². The number of methoxy groups -OCH3 is 1. The second kappa shape index (κ2) is 5.19. The van der Waals surface area contributed by atoms with Crippen LogP contribution in [0.2, 0.25) is 5.02 Å². The van der Waals surface area contributed by atoms with Gasteiger partial charge in [-0.05, 0) is 42.5 Å². The first-order valence-electron chi connectivity index (χ1n) is 5.25. The second-order valence-corrected chi connectivity index (χ2v) is 4.09. The number of hydrogen-bond acceptors (Lipinski definition) is 2. The number of hydrogen-bond donors (Lipinski definition) is 0. The fraction of sp³-hybridized carbons (Fsp3) is 0.0714. The Morgan fingerprint density at radius 2 is 1.72 bits per heavy atom. The van der Waals surface area contributed by atoms with E-state index in [0.717, 1.165) is 0 Å². The van der Waals surface area contributed by atoms with E-state index in [1.54, 1.807) is 18.2 Å². The van der Waals surface area contributed by atoms with E-state index in [2.05, 4.69) is 0 Å². The molecule has 0 spiro atoms. The predicted octanol–water partition coefficient (Wildman–Crippen LogP) is 3.72. The highest BCUT2D eigenvalue weighted by atomic mass is 35.5. The van der Waals surface area contributed by atoms with Crippen molar-refractivity contribution in [2.75, 3.05) is 7.11 Å². The lowest BCUT2D eigenvalue weighted by Gasteiger charge is -2.06. The van der Waals surface area contributed by atoms with Gasteiger partial charge in [-0.3, -0.25) is 4.79 Å². The highest BCUT2D eigenvalue weighted by Crippen LogP contribution is 2.26. The Morgan fingerprint density at radius 3 is 2.33 bits per heavy atom. The van der Waals surface area contributed by atoms with Gasteiger partial charge in [0.05, 0.1) is 12.1 Å². The number of benzene rings is 2. The van der Waals surface area contributed by atoms with Crippen molar-refractivity contribution in [3.05, 3.63) is 64.4 Å². The molecule has 2 aromatic carbocycles. The summed E-state index contributed by atoms with van der Waals surface area (Å²) in [5.74, 6) is -0.144. The van der Waals surface area contributed by atoms with Crippen LogP contribution in [0.15, 0.2) is 42.5 Å². The summed E-state index contributed by atoms with van der Waals surface area (Å²) < 4.78 is 17.8. The highest BCUT2D eigenvalue weighted by Gasteiger charge is 2.11. The van der Waals surface area contributed by atoms with E-state index >= 15 is 0 Å². The molecule has 0 saturated heterocycles. The van der Waals surface area contributed by atoms with Crippen LogP contribution < -0.4 is 4.74 Å². The number of carbonyl (C=O) groups is 1. The monoisotopic (exact) mass is 264 g/mol. The quantitative estimate of drug-likeness (QED) is 0.790. The van der Waals surface area contributed by atoms with Gasteiger partial charge < -0.3 is 4.74 Å². The number of ether oxygens (including phenoxy) is 1. The number of halogens is 2. The van der Waals surface area contributed by atoms with E-state index in [1.165, 1.54) is 31.4 Å². The smallest absolute Gasteiger partial charge is 0.193 e. The lowest BCUT2D eigenvalue weighted by molar-refractivity contribution is 0.103. The van der Waals surface area contributed by atoms with Gasteiger partial charge in [-0.2, -0.15) is 0 Å². The van der Waals surface area contributed by atoms with Crippen LogP contribution in [0.25, 0.3) is 0 Å². The first-order chi connectivity index (χ1) is 8.61. The number of rotatable bonds is 3. The third kappa shape index (κ3) is 2.51. The van der Waals surface area contributed by atoms with Crippen LogP contribution in [-0.4, -0.2) is 12.9 Å². The Morgan fingerprint density at radius 1 is 1.11 bits per heavy atom. The predicted molar refractivity (Wildman–Crippen MR) is 67.8 cm³/mol. The highest BCUT2D eigenvalue weighted by molar-refractivity contribution is 6.32. The molecule has 92 valence electrons. The zero-order valence-electron chi connectivity index (χ0n) is 9.61. The molecule has 2 rings (SSSR count). The Labute approximate surface area is 109 Å². The summed E-state index contributed by atoms with van der Waals surface area (Å²) in [7, 11) is 1.48. The van der Waals surface area contributed by atoms with Crippen LogP contribution in [0.3, 0.4) is 0 Å². The largest absolute Gasteiger partial charge is 0.495 e. The normalized spacial score (nSPS) is 10.2. The summed E-state index contributed by atoms with van der Waals surface area (Å²) in [5, 5.41) is 0.438. The van der Waals surface area contributed by atoms with Gasteiger partial charge in [0.2, 0.25) is 0 Å². The fourth-order valence-corrected chi connectivity index (χ4v) is 1.76. The minimum Gasteiger partial charge on any atom is -0.495 e. The minimum atomic E-state index is -0.375. The van der Waals surface area contributed by atoms with Crippen molar-refractivity contribution in [3.63, 3.8) is 0 Å². The molecule has 0 atom stereocenters. The van der Waals surface area contributed by atoms with E-state index in [9.17, 15) is 9.18 Å². The van der Waals surface area contributed by atoms with Gasteiger partial charge in [-0.25, -0.2) is 4.39 Å². The Balaban J connectivity index is 2.37. The molecule has 0 N–H and O–H groups in total. The van der Waals surface area contributed by atoms with Gasteiger partial charge in [0, 0.05) is 11.1 Å². The zero-order valence-corrected chi connectivity index (χ0v) is 10.4. The molecule has 0 aliphatic carbocycles. The molecule has 0 fully saturated rings. The average molecular weight is 265 g/mol. The molecule has 0 aliphatic rings. The maximum absolute atomic E-state index is 12.8. The molecule has 0 aromatic heterocycles. The van der Waals surface area contributed by atoms with E-state index in [1.807, 2.05) is 0 Å². The third-order valence-corrected chi connectivity index (χ3v) is 2.83. The number of carbonyl (C=O) groups excluding carboxylic acids is 1. The SMILES string of the molecule is COc1cc(C(=O)c2ccc(F)cc2)ccc1Cl. The summed E-state index contributed by atoms with van der Waals surface area (Å²) in [5.41, 5.74) is 0.864. The van der Waals surface area contributed by atoms with Crippen LogP contribution in [0.1, 0.15) is 15.9 Å². The Hall–Kier alpha value is -1.87. The van der Waals surface area contributed by atoms with Crippen molar-refractivity contribution in [1.29, 1.82) is 0 Å². The Bertz CT molecular complexity index is 579. The van der Waals surface area contributed by atoms with Crippen molar-refractivity contribution >= 4 is 17.4 Å². The summed E-state index contributed by atoms with van der Waals surface area (Å²) in [6.07, 6.45) is 0. The van der Waals surface area contributed by atoms with Crippen molar-refractivity contribution in [1.82, 2.24) is 0 Å². The molecular formula is C14H10ClFO2. The van der Waals surface area contributed by atoms with Crippen molar-refractivity contribution in [3.8, 4) is 5.75 Å². The van der Waals surface area contributed by atoms with Crippen LogP contribution in [0.5, 0.6) is 5.75 Å². The molecule has 0 amide bonds. The third-order valence-electron chi connectivity index (χ3n) is 2.52. The topological polar surface area (TPSA) is 26.3 Å². The molecule has 0 unspecified atom stereocenters. The fourth-order valence-electron chi connectivity index (χ4n) is 1.57. The standard InChI is InChI=1S/C14H10ClFO2/c1-18-13-8-10(4-7-12(13)15)14(17)9-2-5-11(16)6-3-9/h2-8H,1H3. The lowest BCUT2D eigenvalue weighted by Crippen LogP contribution is -2.01. The van der Waals surface area contributed by atoms with E-state index in [-0.39, 0.29) is 11.6 Å². The maximum atomic E-state index is 12.8. The molecule has 2 nitrogen and oxygen atoms in total. The lowest BCUT2D eigenvalue weighted by atomic mass is 10.0. The summed E-state index contributed by atoms with van der Waals surface area (Å²) in [6, 6.07) is 10.2. The second-order valence-electron chi connectivity index (χ2n) is 3.69. The summed E-state index contributed by atoms with van der Waals surface area (Å²) in [4.78, 5) is 12.1. The van der Waals surface area contributed by atoms with Crippen LogP contribution >= 0.6 is 11.6 Å². The van der Waals surface area contributed by atoms with Gasteiger partial charge in [-0.1, -0.05) is 11.6 Å². The maximum Gasteiger partial charge on any atom is 0.193 e. The van der Waals surface area contributed by atoms with Gasteiger partial charge in [-0.15, -0.1) is 0 Å². The van der Waals surface area contributed by atoms with Crippen molar-refractivity contribution in [2.24, 2.45) is 0 Å². The van der Waals surface area contributed by atoms with Crippen molar-refractivity contribution in [2.45, 2.75) is 0 Å². The van der Waals surface area contributed by atoms with Crippen LogP contribution in [0.4, 0.5) is 4.39 Å². The summed E-state index contributed by atoms with van der Waals surface area (Å²) >= 11 is 5.88. The first-order valence-corrected chi connectivity index (χ1v) is 5.63. The first kappa shape index (κ1) is 12.6. The molecule has 18 heavy (non-hydrogen) atoms. The molecule has 0 aliphatic heterocycles. The van der Waals surface area contributed by atoms with Gasteiger partial charge in [0.1, 0.15) is 11.6 Å². The van der Waals surface area contributed by atoms with Gasteiger partial charge in [0.25, 0.3) is 0 Å².